The molecule has 0 aliphatic rings. The van der Waals surface area contributed by atoms with E-state index in [9.17, 15) is 5.11 Å². The fraction of sp³-hybridized carbons (Fsp3) is 0.167. The standard InChI is InChI=1S/C12H11BrO2S/c1-15-9-4-2-8(3-5-9)12(14)10-6-7-11(13)16-10/h2-7,12,14H,1H3. The second kappa shape index (κ2) is 4.99. The zero-order chi connectivity index (χ0) is 11.5. The maximum atomic E-state index is 10.1. The van der Waals surface area contributed by atoms with Crippen molar-refractivity contribution in [3.63, 3.8) is 0 Å². The third-order valence-electron chi connectivity index (χ3n) is 2.30. The minimum Gasteiger partial charge on any atom is -0.497 e. The molecule has 2 nitrogen and oxygen atoms in total. The van der Waals surface area contributed by atoms with Crippen molar-refractivity contribution >= 4 is 27.3 Å². The lowest BCUT2D eigenvalue weighted by Crippen LogP contribution is -1.96. The topological polar surface area (TPSA) is 29.5 Å². The predicted octanol–water partition coefficient (Wildman–Crippen LogP) is 3.60. The molecule has 0 amide bonds. The maximum absolute atomic E-state index is 10.1. The van der Waals surface area contributed by atoms with Gasteiger partial charge < -0.3 is 9.84 Å². The van der Waals surface area contributed by atoms with E-state index in [0.717, 1.165) is 20.0 Å². The van der Waals surface area contributed by atoms with E-state index in [0.29, 0.717) is 0 Å². The van der Waals surface area contributed by atoms with Gasteiger partial charge in [-0.05, 0) is 45.8 Å². The molecule has 0 aliphatic heterocycles. The molecule has 2 rings (SSSR count). The SMILES string of the molecule is COc1ccc(C(O)c2ccc(Br)s2)cc1. The van der Waals surface area contributed by atoms with Gasteiger partial charge in [0.25, 0.3) is 0 Å². The molecule has 1 N–H and O–H groups in total. The zero-order valence-corrected chi connectivity index (χ0v) is 11.1. The molecule has 0 aliphatic carbocycles. The molecule has 16 heavy (non-hydrogen) atoms. The van der Waals surface area contributed by atoms with Gasteiger partial charge in [-0.2, -0.15) is 0 Å². The number of benzene rings is 1. The highest BCUT2D eigenvalue weighted by Crippen LogP contribution is 2.31. The Morgan fingerprint density at radius 1 is 1.19 bits per heavy atom. The first-order chi connectivity index (χ1) is 7.70. The van der Waals surface area contributed by atoms with Gasteiger partial charge in [0.1, 0.15) is 11.9 Å². The van der Waals surface area contributed by atoms with Gasteiger partial charge in [-0.25, -0.2) is 0 Å². The summed E-state index contributed by atoms with van der Waals surface area (Å²) >= 11 is 4.92. The molecular formula is C12H11BrO2S. The van der Waals surface area contributed by atoms with E-state index in [1.54, 1.807) is 7.11 Å². The Morgan fingerprint density at radius 3 is 2.38 bits per heavy atom. The van der Waals surface area contributed by atoms with Crippen LogP contribution in [-0.2, 0) is 0 Å². The Hall–Kier alpha value is -0.840. The van der Waals surface area contributed by atoms with E-state index in [1.165, 1.54) is 11.3 Å². The molecule has 1 unspecified atom stereocenters. The number of hydrogen-bond donors (Lipinski definition) is 1. The van der Waals surface area contributed by atoms with Crippen molar-refractivity contribution in [2.45, 2.75) is 6.10 Å². The first-order valence-corrected chi connectivity index (χ1v) is 6.39. The molecule has 1 aromatic carbocycles. The number of thiophene rings is 1. The van der Waals surface area contributed by atoms with Crippen molar-refractivity contribution in [2.24, 2.45) is 0 Å². The van der Waals surface area contributed by atoms with Crippen LogP contribution < -0.4 is 4.74 Å². The molecule has 4 heteroatoms. The molecule has 0 saturated heterocycles. The first kappa shape index (κ1) is 11.6. The van der Waals surface area contributed by atoms with Crippen molar-refractivity contribution in [1.29, 1.82) is 0 Å². The smallest absolute Gasteiger partial charge is 0.118 e. The normalized spacial score (nSPS) is 12.4. The van der Waals surface area contributed by atoms with Crippen molar-refractivity contribution in [3.8, 4) is 5.75 Å². The highest BCUT2D eigenvalue weighted by atomic mass is 79.9. The summed E-state index contributed by atoms with van der Waals surface area (Å²) in [4.78, 5) is 0.928. The average Bonchev–Trinajstić information content (AvgIpc) is 2.75. The number of hydrogen-bond acceptors (Lipinski definition) is 3. The van der Waals surface area contributed by atoms with E-state index in [2.05, 4.69) is 15.9 Å². The summed E-state index contributed by atoms with van der Waals surface area (Å²) in [6.07, 6.45) is -0.567. The lowest BCUT2D eigenvalue weighted by molar-refractivity contribution is 0.224. The van der Waals surface area contributed by atoms with E-state index < -0.39 is 6.10 Å². The van der Waals surface area contributed by atoms with Crippen LogP contribution >= 0.6 is 27.3 Å². The lowest BCUT2D eigenvalue weighted by Gasteiger charge is -2.09. The van der Waals surface area contributed by atoms with Gasteiger partial charge in [0.2, 0.25) is 0 Å². The molecule has 0 bridgehead atoms. The van der Waals surface area contributed by atoms with Crippen LogP contribution in [0.5, 0.6) is 5.75 Å². The molecule has 0 fully saturated rings. The minimum absolute atomic E-state index is 0.567. The van der Waals surface area contributed by atoms with Crippen LogP contribution in [0.1, 0.15) is 16.5 Å². The highest BCUT2D eigenvalue weighted by molar-refractivity contribution is 9.11. The number of methoxy groups -OCH3 is 1. The quantitative estimate of drug-likeness (QED) is 0.938. The molecule has 1 atom stereocenters. The van der Waals surface area contributed by atoms with Crippen molar-refractivity contribution in [1.82, 2.24) is 0 Å². The molecule has 84 valence electrons. The van der Waals surface area contributed by atoms with E-state index in [-0.39, 0.29) is 0 Å². The van der Waals surface area contributed by atoms with Crippen LogP contribution in [0.2, 0.25) is 0 Å². The van der Waals surface area contributed by atoms with Crippen LogP contribution in [0.25, 0.3) is 0 Å². The van der Waals surface area contributed by atoms with Crippen LogP contribution in [0.4, 0.5) is 0 Å². The van der Waals surface area contributed by atoms with Gasteiger partial charge in [0.15, 0.2) is 0 Å². The summed E-state index contributed by atoms with van der Waals surface area (Å²) in [7, 11) is 1.63. The Balaban J connectivity index is 2.23. The summed E-state index contributed by atoms with van der Waals surface area (Å²) in [6.45, 7) is 0. The first-order valence-electron chi connectivity index (χ1n) is 4.78. The monoisotopic (exact) mass is 298 g/mol. The van der Waals surface area contributed by atoms with Gasteiger partial charge in [0, 0.05) is 4.88 Å². The van der Waals surface area contributed by atoms with Crippen molar-refractivity contribution < 1.29 is 9.84 Å². The second-order valence-electron chi connectivity index (χ2n) is 3.32. The van der Waals surface area contributed by atoms with Crippen LogP contribution in [0.15, 0.2) is 40.2 Å². The van der Waals surface area contributed by atoms with Gasteiger partial charge in [0.05, 0.1) is 10.9 Å². The molecule has 1 heterocycles. The second-order valence-corrected chi connectivity index (χ2v) is 5.81. The fourth-order valence-electron chi connectivity index (χ4n) is 1.43. The number of aliphatic hydroxyl groups is 1. The Kier molecular flexibility index (Phi) is 3.63. The van der Waals surface area contributed by atoms with E-state index in [4.69, 9.17) is 4.74 Å². The molecule has 0 radical (unpaired) electrons. The van der Waals surface area contributed by atoms with E-state index in [1.807, 2.05) is 36.4 Å². The summed E-state index contributed by atoms with van der Waals surface area (Å²) in [5.74, 6) is 0.795. The van der Waals surface area contributed by atoms with Crippen LogP contribution in [0, 0.1) is 0 Å². The summed E-state index contributed by atoms with van der Waals surface area (Å²) in [6, 6.07) is 11.3. The summed E-state index contributed by atoms with van der Waals surface area (Å²) in [5, 5.41) is 10.1. The number of aliphatic hydroxyl groups excluding tert-OH is 1. The van der Waals surface area contributed by atoms with Gasteiger partial charge in [-0.15, -0.1) is 11.3 Å². The molecular weight excluding hydrogens is 288 g/mol. The fourth-order valence-corrected chi connectivity index (χ4v) is 2.86. The van der Waals surface area contributed by atoms with Gasteiger partial charge in [-0.1, -0.05) is 12.1 Å². The predicted molar refractivity (Wildman–Crippen MR) is 69.1 cm³/mol. The number of ether oxygens (including phenoxy) is 1. The summed E-state index contributed by atoms with van der Waals surface area (Å²) in [5.41, 5.74) is 0.871. The van der Waals surface area contributed by atoms with Crippen LogP contribution in [-0.4, -0.2) is 12.2 Å². The van der Waals surface area contributed by atoms with Gasteiger partial charge in [-0.3, -0.25) is 0 Å². The van der Waals surface area contributed by atoms with Gasteiger partial charge >= 0.3 is 0 Å². The third-order valence-corrected chi connectivity index (χ3v) is 3.97. The Bertz CT molecular complexity index is 464. The largest absolute Gasteiger partial charge is 0.497 e. The number of halogens is 1. The molecule has 0 spiro atoms. The minimum atomic E-state index is -0.567. The van der Waals surface area contributed by atoms with Crippen LogP contribution in [0.3, 0.4) is 0 Å². The Labute approximate surface area is 107 Å². The third kappa shape index (κ3) is 2.45. The zero-order valence-electron chi connectivity index (χ0n) is 8.68. The number of rotatable bonds is 3. The average molecular weight is 299 g/mol. The van der Waals surface area contributed by atoms with E-state index >= 15 is 0 Å². The molecule has 0 saturated carbocycles. The summed E-state index contributed by atoms with van der Waals surface area (Å²) < 4.78 is 6.10. The van der Waals surface area contributed by atoms with Crippen molar-refractivity contribution in [2.75, 3.05) is 7.11 Å². The molecule has 2 aromatic rings. The lowest BCUT2D eigenvalue weighted by atomic mass is 10.1. The molecule has 1 aromatic heterocycles. The maximum Gasteiger partial charge on any atom is 0.118 e. The van der Waals surface area contributed by atoms with Crippen molar-refractivity contribution in [3.05, 3.63) is 50.6 Å². The Morgan fingerprint density at radius 2 is 1.88 bits per heavy atom. The highest BCUT2D eigenvalue weighted by Gasteiger charge is 2.12.